The molecule has 1 heterocycles. The van der Waals surface area contributed by atoms with Gasteiger partial charge < -0.3 is 11.1 Å². The normalized spacial score (nSPS) is 11.4. The van der Waals surface area contributed by atoms with Gasteiger partial charge in [-0.05, 0) is 31.5 Å². The van der Waals surface area contributed by atoms with Crippen LogP contribution in [-0.2, 0) is 6.54 Å². The fourth-order valence-electron chi connectivity index (χ4n) is 1.88. The molecule has 0 saturated carbocycles. The first-order chi connectivity index (χ1) is 10.1. The number of rotatable bonds is 5. The van der Waals surface area contributed by atoms with Crippen LogP contribution in [0, 0.1) is 6.92 Å². The van der Waals surface area contributed by atoms with Crippen molar-refractivity contribution in [2.75, 3.05) is 6.54 Å². The minimum Gasteiger partial charge on any atom is -0.370 e. The molecule has 0 unspecified atom stereocenters. The molecule has 2 aromatic rings. The second-order valence-electron chi connectivity index (χ2n) is 5.04. The van der Waals surface area contributed by atoms with Crippen molar-refractivity contribution in [3.8, 4) is 5.69 Å². The molecule has 1 aromatic heterocycles. The summed E-state index contributed by atoms with van der Waals surface area (Å²) in [4.78, 5) is 4.36. The SMILES string of the molecule is C=C(C)CNC(N)=NCc1ccccc1-n1ccc(C)n1. The Kier molecular flexibility index (Phi) is 4.77. The van der Waals surface area contributed by atoms with Crippen LogP contribution in [0.2, 0.25) is 0 Å². The maximum atomic E-state index is 5.84. The summed E-state index contributed by atoms with van der Waals surface area (Å²) < 4.78 is 1.86. The zero-order valence-electron chi connectivity index (χ0n) is 12.5. The van der Waals surface area contributed by atoms with Gasteiger partial charge in [0.2, 0.25) is 0 Å². The molecular weight excluding hydrogens is 262 g/mol. The molecule has 1 aromatic carbocycles. The number of nitrogens with one attached hydrogen (secondary N) is 1. The van der Waals surface area contributed by atoms with E-state index in [0.717, 1.165) is 22.5 Å². The average molecular weight is 283 g/mol. The highest BCUT2D eigenvalue weighted by Crippen LogP contribution is 2.15. The first-order valence-electron chi connectivity index (χ1n) is 6.85. The van der Waals surface area contributed by atoms with Crippen LogP contribution in [-0.4, -0.2) is 22.3 Å². The number of benzene rings is 1. The van der Waals surface area contributed by atoms with Crippen LogP contribution in [0.25, 0.3) is 5.69 Å². The third-order valence-corrected chi connectivity index (χ3v) is 2.95. The van der Waals surface area contributed by atoms with Crippen LogP contribution in [0.15, 0.2) is 53.7 Å². The summed E-state index contributed by atoms with van der Waals surface area (Å²) in [6.45, 7) is 8.86. The lowest BCUT2D eigenvalue weighted by Crippen LogP contribution is -2.32. The number of aromatic nitrogens is 2. The van der Waals surface area contributed by atoms with Gasteiger partial charge in [-0.1, -0.05) is 30.4 Å². The van der Waals surface area contributed by atoms with Crippen LogP contribution in [0.5, 0.6) is 0 Å². The molecule has 5 nitrogen and oxygen atoms in total. The van der Waals surface area contributed by atoms with E-state index < -0.39 is 0 Å². The van der Waals surface area contributed by atoms with Gasteiger partial charge in [0.25, 0.3) is 0 Å². The quantitative estimate of drug-likeness (QED) is 0.502. The lowest BCUT2D eigenvalue weighted by Gasteiger charge is -2.09. The van der Waals surface area contributed by atoms with Crippen molar-refractivity contribution in [2.45, 2.75) is 20.4 Å². The molecule has 0 radical (unpaired) electrons. The maximum absolute atomic E-state index is 5.84. The van der Waals surface area contributed by atoms with Crippen LogP contribution in [0.3, 0.4) is 0 Å². The van der Waals surface area contributed by atoms with Gasteiger partial charge in [0.15, 0.2) is 5.96 Å². The maximum Gasteiger partial charge on any atom is 0.189 e. The minimum absolute atomic E-state index is 0.421. The van der Waals surface area contributed by atoms with Crippen molar-refractivity contribution in [3.05, 3.63) is 59.9 Å². The second-order valence-corrected chi connectivity index (χ2v) is 5.04. The minimum atomic E-state index is 0.421. The Morgan fingerprint density at radius 3 is 2.81 bits per heavy atom. The number of nitrogens with two attached hydrogens (primary N) is 1. The van der Waals surface area contributed by atoms with Gasteiger partial charge in [-0.3, -0.25) is 0 Å². The Bertz CT molecular complexity index is 654. The Morgan fingerprint density at radius 1 is 1.38 bits per heavy atom. The molecule has 0 saturated heterocycles. The van der Waals surface area contributed by atoms with Gasteiger partial charge in [-0.2, -0.15) is 5.10 Å². The van der Waals surface area contributed by atoms with E-state index in [-0.39, 0.29) is 0 Å². The molecule has 5 heteroatoms. The van der Waals surface area contributed by atoms with Gasteiger partial charge in [-0.25, -0.2) is 9.67 Å². The molecular formula is C16H21N5. The van der Waals surface area contributed by atoms with Crippen LogP contribution in [0.4, 0.5) is 0 Å². The van der Waals surface area contributed by atoms with Crippen LogP contribution >= 0.6 is 0 Å². The van der Waals surface area contributed by atoms with E-state index in [9.17, 15) is 0 Å². The Morgan fingerprint density at radius 2 is 2.14 bits per heavy atom. The third kappa shape index (κ3) is 4.21. The molecule has 0 aliphatic heterocycles. The molecule has 0 aliphatic rings. The lowest BCUT2D eigenvalue weighted by molar-refractivity contribution is 0.841. The Labute approximate surface area is 125 Å². The molecule has 0 spiro atoms. The highest BCUT2D eigenvalue weighted by Gasteiger charge is 2.04. The number of para-hydroxylation sites is 1. The molecule has 0 amide bonds. The van der Waals surface area contributed by atoms with Crippen molar-refractivity contribution < 1.29 is 0 Å². The van der Waals surface area contributed by atoms with Gasteiger partial charge in [0.05, 0.1) is 17.9 Å². The summed E-state index contributed by atoms with van der Waals surface area (Å²) in [7, 11) is 0. The summed E-state index contributed by atoms with van der Waals surface area (Å²) in [5, 5.41) is 7.46. The predicted molar refractivity (Wildman–Crippen MR) is 86.4 cm³/mol. The van der Waals surface area contributed by atoms with Crippen LogP contribution in [0.1, 0.15) is 18.2 Å². The number of hydrogen-bond acceptors (Lipinski definition) is 2. The van der Waals surface area contributed by atoms with Gasteiger partial charge in [0.1, 0.15) is 0 Å². The molecule has 0 fully saturated rings. The number of aryl methyl sites for hydroxylation is 1. The number of hydrogen-bond donors (Lipinski definition) is 2. The van der Waals surface area contributed by atoms with Crippen LogP contribution < -0.4 is 11.1 Å². The summed E-state index contributed by atoms with van der Waals surface area (Å²) in [6, 6.07) is 10.0. The second kappa shape index (κ2) is 6.74. The summed E-state index contributed by atoms with van der Waals surface area (Å²) in [5.74, 6) is 0.421. The number of guanidine groups is 1. The third-order valence-electron chi connectivity index (χ3n) is 2.95. The van der Waals surface area contributed by atoms with Gasteiger partial charge >= 0.3 is 0 Å². The van der Waals surface area contributed by atoms with Gasteiger partial charge in [-0.15, -0.1) is 0 Å². The van der Waals surface area contributed by atoms with Gasteiger partial charge in [0, 0.05) is 12.7 Å². The zero-order chi connectivity index (χ0) is 15.2. The van der Waals surface area contributed by atoms with E-state index in [4.69, 9.17) is 5.73 Å². The highest BCUT2D eigenvalue weighted by molar-refractivity contribution is 5.78. The molecule has 3 N–H and O–H groups in total. The Balaban J connectivity index is 2.14. The van der Waals surface area contributed by atoms with E-state index in [1.165, 1.54) is 0 Å². The van der Waals surface area contributed by atoms with Crippen molar-refractivity contribution in [2.24, 2.45) is 10.7 Å². The summed E-state index contributed by atoms with van der Waals surface area (Å²) in [5.41, 5.74) is 9.92. The van der Waals surface area contributed by atoms with E-state index in [0.29, 0.717) is 19.0 Å². The molecule has 0 bridgehead atoms. The topological polar surface area (TPSA) is 68.2 Å². The van der Waals surface area contributed by atoms with E-state index in [1.807, 2.05) is 55.1 Å². The fraction of sp³-hybridized carbons (Fsp3) is 0.250. The van der Waals surface area contributed by atoms with Crippen molar-refractivity contribution in [3.63, 3.8) is 0 Å². The highest BCUT2D eigenvalue weighted by atomic mass is 15.3. The Hall–Kier alpha value is -2.56. The predicted octanol–water partition coefficient (Wildman–Crippen LogP) is 2.16. The molecule has 2 rings (SSSR count). The summed E-state index contributed by atoms with van der Waals surface area (Å²) in [6.07, 6.45) is 1.95. The number of aliphatic imine (C=N–C) groups is 1. The fourth-order valence-corrected chi connectivity index (χ4v) is 1.88. The molecule has 0 atom stereocenters. The van der Waals surface area contributed by atoms with E-state index in [2.05, 4.69) is 22.0 Å². The van der Waals surface area contributed by atoms with Crippen molar-refractivity contribution in [1.82, 2.24) is 15.1 Å². The first-order valence-corrected chi connectivity index (χ1v) is 6.85. The summed E-state index contributed by atoms with van der Waals surface area (Å²) >= 11 is 0. The van der Waals surface area contributed by atoms with Crippen molar-refractivity contribution >= 4 is 5.96 Å². The standard InChI is InChI=1S/C16H21N5/c1-12(2)10-18-16(17)19-11-14-6-4-5-7-15(14)21-9-8-13(3)20-21/h4-9H,1,10-11H2,2-3H3,(H3,17,18,19). The lowest BCUT2D eigenvalue weighted by atomic mass is 10.2. The largest absolute Gasteiger partial charge is 0.370 e. The molecule has 0 aliphatic carbocycles. The van der Waals surface area contributed by atoms with E-state index >= 15 is 0 Å². The molecule has 21 heavy (non-hydrogen) atoms. The smallest absolute Gasteiger partial charge is 0.189 e. The van der Waals surface area contributed by atoms with E-state index in [1.54, 1.807) is 0 Å². The monoisotopic (exact) mass is 283 g/mol. The molecule has 110 valence electrons. The zero-order valence-corrected chi connectivity index (χ0v) is 12.5. The van der Waals surface area contributed by atoms with Crippen molar-refractivity contribution in [1.29, 1.82) is 0 Å². The average Bonchev–Trinajstić information content (AvgIpc) is 2.89. The number of nitrogens with zero attached hydrogens (tertiary/aromatic N) is 3. The first kappa shape index (κ1) is 14.8.